The molecule has 9 atom stereocenters. The number of nitrogens with zero attached hydrogens (tertiary/aromatic N) is 3. The van der Waals surface area contributed by atoms with Gasteiger partial charge in [-0.25, -0.2) is 4.68 Å². The zero-order valence-corrected chi connectivity index (χ0v) is 20.4. The van der Waals surface area contributed by atoms with Gasteiger partial charge in [0.15, 0.2) is 5.78 Å². The Kier molecular flexibility index (Phi) is 5.03. The Bertz CT molecular complexity index is 1060. The first-order chi connectivity index (χ1) is 15.8. The highest BCUT2D eigenvalue weighted by atomic mass is 16.3. The highest BCUT2D eigenvalue weighted by molar-refractivity contribution is 5.87. The molecule has 1 heterocycles. The Balaban J connectivity index is 1.22. The molecule has 33 heavy (non-hydrogen) atoms. The number of carbonyl (C=O) groups excluding carboxylic acids is 1. The molecule has 4 fully saturated rings. The van der Waals surface area contributed by atoms with Gasteiger partial charge in [0.25, 0.3) is 0 Å². The molecule has 1 N–H and O–H groups in total. The van der Waals surface area contributed by atoms with E-state index in [1.54, 1.807) is 0 Å². The number of fused-ring (bicyclic) bond motifs is 6. The topological polar surface area (TPSA) is 68.0 Å². The molecule has 4 saturated carbocycles. The van der Waals surface area contributed by atoms with Gasteiger partial charge in [0.05, 0.1) is 11.1 Å². The van der Waals surface area contributed by atoms with Crippen molar-refractivity contribution in [1.82, 2.24) is 15.0 Å². The Hall–Kier alpha value is -1.75. The third-order valence-electron chi connectivity index (χ3n) is 10.7. The fourth-order valence-electron chi connectivity index (χ4n) is 9.13. The van der Waals surface area contributed by atoms with Crippen LogP contribution in [0.1, 0.15) is 84.6 Å². The Labute approximate surface area is 197 Å². The van der Waals surface area contributed by atoms with E-state index in [1.165, 1.54) is 38.5 Å². The zero-order chi connectivity index (χ0) is 23.0. The number of Topliss-reactive ketones (excluding diaryl/α,β-unsaturated/α-hetero) is 1. The van der Waals surface area contributed by atoms with Gasteiger partial charge < -0.3 is 5.11 Å². The van der Waals surface area contributed by atoms with Gasteiger partial charge in [-0.05, 0) is 119 Å². The van der Waals surface area contributed by atoms with Gasteiger partial charge in [-0.3, -0.25) is 4.79 Å². The van der Waals surface area contributed by atoms with Crippen molar-refractivity contribution in [3.05, 3.63) is 24.3 Å². The minimum Gasteiger partial charge on any atom is -0.390 e. The van der Waals surface area contributed by atoms with Crippen LogP contribution in [0.4, 0.5) is 0 Å². The van der Waals surface area contributed by atoms with Gasteiger partial charge in [-0.1, -0.05) is 24.3 Å². The fraction of sp³-hybridized carbons (Fsp3) is 0.750. The molecule has 0 bridgehead atoms. The molecule has 5 nitrogen and oxygen atoms in total. The van der Waals surface area contributed by atoms with Gasteiger partial charge in [-0.15, -0.1) is 5.10 Å². The number of carbonyl (C=O) groups is 1. The van der Waals surface area contributed by atoms with Crippen LogP contribution >= 0.6 is 0 Å². The summed E-state index contributed by atoms with van der Waals surface area (Å²) >= 11 is 0. The Morgan fingerprint density at radius 3 is 2.67 bits per heavy atom. The number of para-hydroxylation sites is 1. The van der Waals surface area contributed by atoms with Crippen molar-refractivity contribution >= 4 is 16.8 Å². The maximum absolute atomic E-state index is 13.9. The van der Waals surface area contributed by atoms with E-state index in [4.69, 9.17) is 0 Å². The number of hydrogen-bond donors (Lipinski definition) is 1. The summed E-state index contributed by atoms with van der Waals surface area (Å²) in [5, 5.41) is 19.3. The molecule has 1 unspecified atom stereocenters. The summed E-state index contributed by atoms with van der Waals surface area (Å²) in [6, 6.07) is 7.67. The van der Waals surface area contributed by atoms with Crippen molar-refractivity contribution in [2.45, 2.75) is 90.2 Å². The maximum Gasteiger partial charge on any atom is 0.160 e. The summed E-state index contributed by atoms with van der Waals surface area (Å²) < 4.78 is 1.85. The van der Waals surface area contributed by atoms with E-state index in [0.717, 1.165) is 48.0 Å². The summed E-state index contributed by atoms with van der Waals surface area (Å²) in [5.74, 6) is 4.25. The minimum absolute atomic E-state index is 0.121. The Morgan fingerprint density at radius 2 is 1.82 bits per heavy atom. The van der Waals surface area contributed by atoms with Crippen LogP contribution in [-0.2, 0) is 4.79 Å². The number of ketones is 1. The standard InChI is InChI=1S/C28H39N3O2/c1-17(31-25-7-5-4-6-24(25)29-30-31)26(32)23-11-10-22-21-9-8-18-16-27(2,33)14-12-19(18)20(21)13-15-28(22,23)3/h4-7,17-23,33H,8-16H2,1-3H3/t17-,18-,19+,20-,21?,22+,23-,27-,28+/m1/s1. The van der Waals surface area contributed by atoms with Gasteiger partial charge in [0, 0.05) is 5.92 Å². The molecule has 2 aromatic rings. The van der Waals surface area contributed by atoms with Crippen LogP contribution in [0.3, 0.4) is 0 Å². The van der Waals surface area contributed by atoms with Crippen molar-refractivity contribution in [1.29, 1.82) is 0 Å². The lowest BCUT2D eigenvalue weighted by atomic mass is 9.49. The van der Waals surface area contributed by atoms with E-state index in [0.29, 0.717) is 17.6 Å². The van der Waals surface area contributed by atoms with Crippen LogP contribution in [0.2, 0.25) is 0 Å². The molecule has 0 aliphatic heterocycles. The van der Waals surface area contributed by atoms with Crippen LogP contribution in [-0.4, -0.2) is 31.5 Å². The second kappa shape index (κ2) is 7.63. The van der Waals surface area contributed by atoms with Crippen molar-refractivity contribution in [2.75, 3.05) is 0 Å². The summed E-state index contributed by atoms with van der Waals surface area (Å²) in [7, 11) is 0. The summed E-state index contributed by atoms with van der Waals surface area (Å²) in [5.41, 5.74) is 1.48. The first-order valence-electron chi connectivity index (χ1n) is 13.3. The molecule has 5 heteroatoms. The molecule has 0 saturated heterocycles. The maximum atomic E-state index is 13.9. The minimum atomic E-state index is -0.455. The molecule has 178 valence electrons. The van der Waals surface area contributed by atoms with Crippen LogP contribution in [0.15, 0.2) is 24.3 Å². The lowest BCUT2D eigenvalue weighted by molar-refractivity contribution is -0.135. The average molecular weight is 450 g/mol. The summed E-state index contributed by atoms with van der Waals surface area (Å²) in [6.45, 7) is 6.50. The lowest BCUT2D eigenvalue weighted by Crippen LogP contribution is -2.51. The van der Waals surface area contributed by atoms with Crippen molar-refractivity contribution in [2.24, 2.45) is 40.9 Å². The lowest BCUT2D eigenvalue weighted by Gasteiger charge is -2.57. The fourth-order valence-corrected chi connectivity index (χ4v) is 9.13. The summed E-state index contributed by atoms with van der Waals surface area (Å²) in [4.78, 5) is 13.9. The zero-order valence-electron chi connectivity index (χ0n) is 20.4. The molecule has 4 aliphatic rings. The van der Waals surface area contributed by atoms with E-state index in [9.17, 15) is 9.90 Å². The first-order valence-corrected chi connectivity index (χ1v) is 13.3. The highest BCUT2D eigenvalue weighted by Crippen LogP contribution is 2.65. The van der Waals surface area contributed by atoms with Crippen LogP contribution in [0.25, 0.3) is 11.0 Å². The molecule has 6 rings (SSSR count). The Morgan fingerprint density at radius 1 is 1.03 bits per heavy atom. The van der Waals surface area contributed by atoms with Crippen molar-refractivity contribution in [3.63, 3.8) is 0 Å². The third-order valence-corrected chi connectivity index (χ3v) is 10.7. The second-order valence-electron chi connectivity index (χ2n) is 12.5. The quantitative estimate of drug-likeness (QED) is 0.664. The van der Waals surface area contributed by atoms with Gasteiger partial charge in [0.1, 0.15) is 11.6 Å². The number of aliphatic hydroxyl groups is 1. The first kappa shape index (κ1) is 21.8. The van der Waals surface area contributed by atoms with E-state index in [1.807, 2.05) is 42.8 Å². The highest BCUT2D eigenvalue weighted by Gasteiger charge is 2.59. The van der Waals surface area contributed by atoms with Gasteiger partial charge >= 0.3 is 0 Å². The number of rotatable bonds is 3. The smallest absolute Gasteiger partial charge is 0.160 e. The van der Waals surface area contributed by atoms with Crippen LogP contribution in [0, 0.1) is 40.9 Å². The number of hydrogen-bond acceptors (Lipinski definition) is 4. The number of aromatic nitrogens is 3. The molecule has 4 aliphatic carbocycles. The molecular weight excluding hydrogens is 410 g/mol. The molecule has 0 spiro atoms. The van der Waals surface area contributed by atoms with Crippen LogP contribution in [0.5, 0.6) is 0 Å². The van der Waals surface area contributed by atoms with Gasteiger partial charge in [0.2, 0.25) is 0 Å². The predicted octanol–water partition coefficient (Wildman–Crippen LogP) is 5.58. The number of benzene rings is 1. The van der Waals surface area contributed by atoms with Gasteiger partial charge in [-0.2, -0.15) is 0 Å². The normalized spacial score (nSPS) is 43.5. The molecule has 1 aromatic heterocycles. The average Bonchev–Trinajstić information content (AvgIpc) is 3.38. The second-order valence-corrected chi connectivity index (χ2v) is 12.5. The van der Waals surface area contributed by atoms with Crippen molar-refractivity contribution in [3.8, 4) is 0 Å². The van der Waals surface area contributed by atoms with E-state index >= 15 is 0 Å². The molecular formula is C28H39N3O2. The van der Waals surface area contributed by atoms with E-state index < -0.39 is 5.60 Å². The molecule has 0 amide bonds. The van der Waals surface area contributed by atoms with E-state index in [2.05, 4.69) is 17.2 Å². The van der Waals surface area contributed by atoms with Crippen molar-refractivity contribution < 1.29 is 9.90 Å². The predicted molar refractivity (Wildman–Crippen MR) is 128 cm³/mol. The third kappa shape index (κ3) is 3.32. The monoisotopic (exact) mass is 449 g/mol. The molecule has 1 aromatic carbocycles. The summed E-state index contributed by atoms with van der Waals surface area (Å²) in [6.07, 6.45) is 10.4. The van der Waals surface area contributed by atoms with E-state index in [-0.39, 0.29) is 17.4 Å². The molecule has 0 radical (unpaired) electrons. The largest absolute Gasteiger partial charge is 0.390 e. The van der Waals surface area contributed by atoms with Crippen LogP contribution < -0.4 is 0 Å². The SMILES string of the molecule is C[C@H](C(=O)[C@H]1CC[C@H]2C3CC[C@@H]4C[C@](C)(O)CC[C@@H]4[C@H]3CC[C@]12C)n1nnc2ccccc21.